The highest BCUT2D eigenvalue weighted by molar-refractivity contribution is 5.76. The van der Waals surface area contributed by atoms with Crippen LogP contribution in [-0.2, 0) is 19.1 Å². The van der Waals surface area contributed by atoms with E-state index in [1.54, 1.807) is 6.92 Å². The first kappa shape index (κ1) is 14.0. The summed E-state index contributed by atoms with van der Waals surface area (Å²) in [5.41, 5.74) is 0. The number of hydrogen-bond acceptors (Lipinski definition) is 6. The third-order valence-corrected chi connectivity index (χ3v) is 3.06. The Morgan fingerprint density at radius 1 is 1.65 bits per heavy atom. The second-order valence-corrected chi connectivity index (χ2v) is 4.10. The van der Waals surface area contributed by atoms with E-state index in [2.05, 4.69) is 0 Å². The smallest absolute Gasteiger partial charge is 0.364 e. The summed E-state index contributed by atoms with van der Waals surface area (Å²) in [4.78, 5) is 21.6. The first-order valence-corrected chi connectivity index (χ1v) is 5.15. The van der Waals surface area contributed by atoms with Crippen molar-refractivity contribution in [3.63, 3.8) is 0 Å². The van der Waals surface area contributed by atoms with Gasteiger partial charge in [-0.05, 0) is 0 Å². The summed E-state index contributed by atoms with van der Waals surface area (Å²) in [6, 6.07) is 0. The Labute approximate surface area is 98.0 Å². The summed E-state index contributed by atoms with van der Waals surface area (Å²) in [6.07, 6.45) is -3.69. The average Bonchev–Trinajstić information content (AvgIpc) is 2.31. The predicted octanol–water partition coefficient (Wildman–Crippen LogP) is -1.24. The van der Waals surface area contributed by atoms with Crippen LogP contribution in [0.2, 0.25) is 0 Å². The van der Waals surface area contributed by atoms with Gasteiger partial charge in [-0.3, -0.25) is 0 Å². The van der Waals surface area contributed by atoms with Gasteiger partial charge in [0.05, 0.1) is 12.2 Å². The predicted molar refractivity (Wildman–Crippen MR) is 54.1 cm³/mol. The summed E-state index contributed by atoms with van der Waals surface area (Å²) < 4.78 is 9.93. The fraction of sp³-hybridized carbons (Fsp3) is 0.800. The molecule has 98 valence electrons. The van der Waals surface area contributed by atoms with Crippen molar-refractivity contribution in [3.05, 3.63) is 0 Å². The lowest BCUT2D eigenvalue weighted by Gasteiger charge is -2.43. The Balaban J connectivity index is 3.00. The maximum atomic E-state index is 11.1. The van der Waals surface area contributed by atoms with Crippen LogP contribution in [0.3, 0.4) is 0 Å². The zero-order chi connectivity index (χ0) is 13.2. The molecule has 0 radical (unpaired) electrons. The van der Waals surface area contributed by atoms with Crippen molar-refractivity contribution in [1.29, 1.82) is 0 Å². The normalized spacial score (nSPS) is 39.6. The van der Waals surface area contributed by atoms with Crippen LogP contribution in [0.1, 0.15) is 13.3 Å². The van der Waals surface area contributed by atoms with Crippen molar-refractivity contribution in [2.24, 2.45) is 5.92 Å². The number of aldehydes is 1. The first-order valence-electron chi connectivity index (χ1n) is 5.15. The average molecular weight is 248 g/mol. The van der Waals surface area contributed by atoms with Crippen molar-refractivity contribution in [3.8, 4) is 0 Å². The standard InChI is InChI=1S/C10H16O7/c1-5-6(12)3-10(16-2,9(14)15)17-8(5)7(13)4-11/h4-8,12-13H,3H2,1-2H3,(H,14,15)/t5?,6?,7-,8?,10?/m1/s1. The van der Waals surface area contributed by atoms with Gasteiger partial charge in [-0.15, -0.1) is 0 Å². The van der Waals surface area contributed by atoms with E-state index in [9.17, 15) is 19.8 Å². The number of aliphatic hydroxyl groups excluding tert-OH is 2. The Morgan fingerprint density at radius 2 is 2.24 bits per heavy atom. The molecular weight excluding hydrogens is 232 g/mol. The fourth-order valence-corrected chi connectivity index (χ4v) is 1.87. The largest absolute Gasteiger partial charge is 0.477 e. The molecule has 0 aromatic heterocycles. The minimum Gasteiger partial charge on any atom is -0.477 e. The molecule has 1 saturated heterocycles. The van der Waals surface area contributed by atoms with Gasteiger partial charge in [0.2, 0.25) is 0 Å². The zero-order valence-corrected chi connectivity index (χ0v) is 9.57. The molecular formula is C10H16O7. The fourth-order valence-electron chi connectivity index (χ4n) is 1.87. The number of methoxy groups -OCH3 is 1. The van der Waals surface area contributed by atoms with Crippen LogP contribution in [0.4, 0.5) is 0 Å². The molecule has 7 heteroatoms. The van der Waals surface area contributed by atoms with Gasteiger partial charge in [0, 0.05) is 19.4 Å². The Morgan fingerprint density at radius 3 is 2.65 bits per heavy atom. The molecule has 7 nitrogen and oxygen atoms in total. The van der Waals surface area contributed by atoms with Crippen LogP contribution in [0.25, 0.3) is 0 Å². The highest BCUT2D eigenvalue weighted by Gasteiger charge is 2.52. The number of carboxylic acid groups (broad SMARTS) is 1. The van der Waals surface area contributed by atoms with Gasteiger partial charge >= 0.3 is 5.97 Å². The topological polar surface area (TPSA) is 113 Å². The van der Waals surface area contributed by atoms with Crippen molar-refractivity contribution in [2.45, 2.75) is 37.4 Å². The molecule has 1 rings (SSSR count). The third-order valence-electron chi connectivity index (χ3n) is 3.06. The number of rotatable bonds is 4. The molecule has 0 spiro atoms. The molecule has 0 aromatic rings. The van der Waals surface area contributed by atoms with Crippen molar-refractivity contribution < 1.29 is 34.4 Å². The van der Waals surface area contributed by atoms with Gasteiger partial charge < -0.3 is 29.6 Å². The SMILES string of the molecule is COC1(C(=O)O)CC(O)C(C)C([C@H](O)C=O)O1. The summed E-state index contributed by atoms with van der Waals surface area (Å²) in [6.45, 7) is 1.56. The number of ether oxygens (including phenoxy) is 2. The molecule has 5 atom stereocenters. The van der Waals surface area contributed by atoms with E-state index in [0.717, 1.165) is 7.11 Å². The van der Waals surface area contributed by atoms with Crippen molar-refractivity contribution in [1.82, 2.24) is 0 Å². The minimum absolute atomic E-state index is 0.238. The number of hydrogen-bond donors (Lipinski definition) is 3. The van der Waals surface area contributed by atoms with Crippen LogP contribution in [-0.4, -0.2) is 58.8 Å². The van der Waals surface area contributed by atoms with Gasteiger partial charge in [0.15, 0.2) is 6.29 Å². The van der Waals surface area contributed by atoms with Gasteiger partial charge in [-0.2, -0.15) is 0 Å². The quantitative estimate of drug-likeness (QED) is 0.533. The van der Waals surface area contributed by atoms with Crippen LogP contribution in [0.5, 0.6) is 0 Å². The molecule has 0 aromatic carbocycles. The molecule has 1 fully saturated rings. The van der Waals surface area contributed by atoms with Crippen molar-refractivity contribution in [2.75, 3.05) is 7.11 Å². The summed E-state index contributed by atoms with van der Waals surface area (Å²) in [7, 11) is 1.13. The van der Waals surface area contributed by atoms with E-state index in [1.807, 2.05) is 0 Å². The minimum atomic E-state index is -2.03. The molecule has 0 aliphatic carbocycles. The number of carbonyl (C=O) groups excluding carboxylic acids is 1. The van der Waals surface area contributed by atoms with E-state index >= 15 is 0 Å². The van der Waals surface area contributed by atoms with Crippen molar-refractivity contribution >= 4 is 12.3 Å². The maximum Gasteiger partial charge on any atom is 0.364 e. The molecule has 1 heterocycles. The molecule has 4 unspecified atom stereocenters. The lowest BCUT2D eigenvalue weighted by molar-refractivity contribution is -0.302. The molecule has 17 heavy (non-hydrogen) atoms. The van der Waals surface area contributed by atoms with Crippen LogP contribution < -0.4 is 0 Å². The van der Waals surface area contributed by atoms with Gasteiger partial charge in [-0.1, -0.05) is 6.92 Å². The van der Waals surface area contributed by atoms with Gasteiger partial charge in [0.1, 0.15) is 6.10 Å². The van der Waals surface area contributed by atoms with E-state index in [-0.39, 0.29) is 12.7 Å². The molecule has 1 aliphatic rings. The zero-order valence-electron chi connectivity index (χ0n) is 9.57. The second-order valence-electron chi connectivity index (χ2n) is 4.10. The highest BCUT2D eigenvalue weighted by Crippen LogP contribution is 2.34. The van der Waals surface area contributed by atoms with E-state index in [0.29, 0.717) is 0 Å². The highest BCUT2D eigenvalue weighted by atomic mass is 16.7. The third kappa shape index (κ3) is 2.47. The Bertz CT molecular complexity index is 305. The molecule has 0 bridgehead atoms. The molecule has 1 aliphatic heterocycles. The van der Waals surface area contributed by atoms with Crippen LogP contribution in [0, 0.1) is 5.92 Å². The van der Waals surface area contributed by atoms with Gasteiger partial charge in [0.25, 0.3) is 5.79 Å². The maximum absolute atomic E-state index is 11.1. The monoisotopic (exact) mass is 248 g/mol. The van der Waals surface area contributed by atoms with Gasteiger partial charge in [-0.25, -0.2) is 4.79 Å². The lowest BCUT2D eigenvalue weighted by atomic mass is 9.86. The van der Waals surface area contributed by atoms with E-state index in [4.69, 9.17) is 14.6 Å². The lowest BCUT2D eigenvalue weighted by Crippen LogP contribution is -2.59. The summed E-state index contributed by atoms with van der Waals surface area (Å²) in [5.74, 6) is -4.01. The summed E-state index contributed by atoms with van der Waals surface area (Å²) >= 11 is 0. The second kappa shape index (κ2) is 5.09. The molecule has 0 saturated carbocycles. The summed E-state index contributed by atoms with van der Waals surface area (Å²) in [5, 5.41) is 28.2. The molecule has 0 amide bonds. The Kier molecular flexibility index (Phi) is 4.21. The molecule has 3 N–H and O–H groups in total. The Hall–Kier alpha value is -1.02. The van der Waals surface area contributed by atoms with Crippen LogP contribution >= 0.6 is 0 Å². The first-order chi connectivity index (χ1) is 7.88. The van der Waals surface area contributed by atoms with E-state index < -0.39 is 36.0 Å². The number of aliphatic carboxylic acids is 1. The number of carboxylic acids is 1. The number of aliphatic hydroxyl groups is 2. The van der Waals surface area contributed by atoms with E-state index in [1.165, 1.54) is 0 Å². The van der Waals surface area contributed by atoms with Crippen LogP contribution in [0.15, 0.2) is 0 Å². The number of carbonyl (C=O) groups is 2.